The Morgan fingerprint density at radius 3 is 2.65 bits per heavy atom. The molecule has 20 heavy (non-hydrogen) atoms. The molecule has 3 rings (SSSR count). The number of fused-ring (bicyclic) bond motifs is 1. The Morgan fingerprint density at radius 2 is 1.90 bits per heavy atom. The molecule has 0 aromatic heterocycles. The second kappa shape index (κ2) is 4.96. The molecule has 2 aliphatic heterocycles. The molecule has 2 amide bonds. The van der Waals surface area contributed by atoms with Gasteiger partial charge < -0.3 is 15.4 Å². The number of amides is 2. The van der Waals surface area contributed by atoms with Crippen LogP contribution in [0, 0.1) is 0 Å². The van der Waals surface area contributed by atoms with Gasteiger partial charge >= 0.3 is 12.0 Å². The van der Waals surface area contributed by atoms with Gasteiger partial charge in [-0.05, 0) is 5.56 Å². The van der Waals surface area contributed by atoms with E-state index in [0.29, 0.717) is 5.56 Å². The van der Waals surface area contributed by atoms with Crippen LogP contribution in [0.1, 0.15) is 11.7 Å². The predicted octanol–water partition coefficient (Wildman–Crippen LogP) is 1.23. The number of alkyl halides is 1. The summed E-state index contributed by atoms with van der Waals surface area (Å²) in [6, 6.07) is 6.59. The Morgan fingerprint density at radius 1 is 1.15 bits per heavy atom. The molecule has 0 spiro atoms. The molecule has 2 heterocycles. The van der Waals surface area contributed by atoms with E-state index in [1.165, 1.54) is 12.2 Å². The average molecular weight is 276 g/mol. The van der Waals surface area contributed by atoms with Gasteiger partial charge in [0.15, 0.2) is 0 Å². The van der Waals surface area contributed by atoms with E-state index in [0.717, 1.165) is 0 Å². The molecule has 0 saturated carbocycles. The van der Waals surface area contributed by atoms with Crippen molar-refractivity contribution in [2.75, 3.05) is 0 Å². The van der Waals surface area contributed by atoms with E-state index < -0.39 is 36.4 Å². The van der Waals surface area contributed by atoms with Gasteiger partial charge in [-0.1, -0.05) is 36.4 Å². The molecule has 104 valence electrons. The van der Waals surface area contributed by atoms with Gasteiger partial charge in [0.2, 0.25) is 0 Å². The Balaban J connectivity index is 1.89. The number of ether oxygens (including phenoxy) is 1. The Hall–Kier alpha value is -2.37. The first-order chi connectivity index (χ1) is 9.65. The van der Waals surface area contributed by atoms with Crippen molar-refractivity contribution in [2.24, 2.45) is 0 Å². The van der Waals surface area contributed by atoms with Crippen LogP contribution in [0.25, 0.3) is 0 Å². The minimum absolute atomic E-state index is 0.434. The summed E-state index contributed by atoms with van der Waals surface area (Å²) >= 11 is 0. The summed E-state index contributed by atoms with van der Waals surface area (Å²) in [6.45, 7) is 0. The third-order valence-corrected chi connectivity index (χ3v) is 3.43. The van der Waals surface area contributed by atoms with E-state index in [4.69, 9.17) is 4.74 Å². The van der Waals surface area contributed by atoms with Gasteiger partial charge in [-0.2, -0.15) is 0 Å². The number of urea groups is 1. The van der Waals surface area contributed by atoms with Gasteiger partial charge in [0.1, 0.15) is 18.3 Å². The first-order valence-electron chi connectivity index (χ1n) is 6.30. The van der Waals surface area contributed by atoms with Crippen LogP contribution in [0.15, 0.2) is 42.5 Å². The van der Waals surface area contributed by atoms with Crippen molar-refractivity contribution in [2.45, 2.75) is 24.4 Å². The third kappa shape index (κ3) is 2.24. The number of hydrogen-bond acceptors (Lipinski definition) is 3. The van der Waals surface area contributed by atoms with Crippen LogP contribution < -0.4 is 10.6 Å². The number of esters is 1. The molecule has 1 aromatic carbocycles. The maximum atomic E-state index is 14.6. The highest BCUT2D eigenvalue weighted by Crippen LogP contribution is 2.29. The maximum Gasteiger partial charge on any atom is 0.330 e. The predicted molar refractivity (Wildman–Crippen MR) is 68.6 cm³/mol. The fraction of sp³-hybridized carbons (Fsp3) is 0.286. The SMILES string of the molecule is O=C1N[C@@H]([C@H](F)c2ccccc2)[C@@H]2OC(=O)C=C[C@@H]2N1. The zero-order valence-electron chi connectivity index (χ0n) is 10.5. The molecule has 1 saturated heterocycles. The number of hydrogen-bond donors (Lipinski definition) is 2. The van der Waals surface area contributed by atoms with E-state index in [1.807, 2.05) is 0 Å². The van der Waals surface area contributed by atoms with Crippen LogP contribution in [0.5, 0.6) is 0 Å². The lowest BCUT2D eigenvalue weighted by Gasteiger charge is -2.40. The molecule has 5 nitrogen and oxygen atoms in total. The summed E-state index contributed by atoms with van der Waals surface area (Å²) in [5, 5.41) is 5.09. The molecule has 1 fully saturated rings. The van der Waals surface area contributed by atoms with Crippen LogP contribution in [0.4, 0.5) is 9.18 Å². The molecule has 4 atom stereocenters. The second-order valence-electron chi connectivity index (χ2n) is 4.74. The van der Waals surface area contributed by atoms with Crippen molar-refractivity contribution in [3.05, 3.63) is 48.0 Å². The van der Waals surface area contributed by atoms with Crippen molar-refractivity contribution < 1.29 is 18.7 Å². The highest BCUT2D eigenvalue weighted by Gasteiger charge is 2.44. The molecule has 0 radical (unpaired) electrons. The zero-order chi connectivity index (χ0) is 14.1. The van der Waals surface area contributed by atoms with Gasteiger partial charge in [-0.25, -0.2) is 14.0 Å². The molecular formula is C14H13FN2O3. The fourth-order valence-corrected chi connectivity index (χ4v) is 2.48. The van der Waals surface area contributed by atoms with Crippen molar-refractivity contribution in [1.29, 1.82) is 0 Å². The van der Waals surface area contributed by atoms with Gasteiger partial charge in [0, 0.05) is 6.08 Å². The summed E-state index contributed by atoms with van der Waals surface area (Å²) in [5.41, 5.74) is 0.434. The number of halogens is 1. The number of rotatable bonds is 2. The monoisotopic (exact) mass is 276 g/mol. The Kier molecular flexibility index (Phi) is 3.14. The van der Waals surface area contributed by atoms with Crippen molar-refractivity contribution in [3.8, 4) is 0 Å². The average Bonchev–Trinajstić information content (AvgIpc) is 2.47. The van der Waals surface area contributed by atoms with Crippen LogP contribution in [-0.4, -0.2) is 30.2 Å². The Bertz CT molecular complexity index is 561. The maximum absolute atomic E-state index is 14.6. The number of carbonyl (C=O) groups excluding carboxylic acids is 2. The van der Waals surface area contributed by atoms with Crippen molar-refractivity contribution in [3.63, 3.8) is 0 Å². The summed E-state index contributed by atoms with van der Waals surface area (Å²) in [5.74, 6) is -0.533. The minimum atomic E-state index is -1.45. The largest absolute Gasteiger partial charge is 0.454 e. The van der Waals surface area contributed by atoms with E-state index in [1.54, 1.807) is 30.3 Å². The lowest BCUT2D eigenvalue weighted by Crippen LogP contribution is -2.65. The van der Waals surface area contributed by atoms with Crippen LogP contribution >= 0.6 is 0 Å². The molecule has 0 bridgehead atoms. The zero-order valence-corrected chi connectivity index (χ0v) is 10.5. The molecule has 6 heteroatoms. The normalized spacial score (nSPS) is 29.8. The van der Waals surface area contributed by atoms with Crippen molar-refractivity contribution >= 4 is 12.0 Å². The highest BCUT2D eigenvalue weighted by atomic mass is 19.1. The highest BCUT2D eigenvalue weighted by molar-refractivity contribution is 5.85. The van der Waals surface area contributed by atoms with Gasteiger partial charge in [-0.15, -0.1) is 0 Å². The number of carbonyl (C=O) groups is 2. The fourth-order valence-electron chi connectivity index (χ4n) is 2.48. The molecule has 2 aliphatic rings. The van der Waals surface area contributed by atoms with E-state index in [-0.39, 0.29) is 0 Å². The molecular weight excluding hydrogens is 263 g/mol. The van der Waals surface area contributed by atoms with Crippen LogP contribution in [0.2, 0.25) is 0 Å². The quantitative estimate of drug-likeness (QED) is 0.798. The smallest absolute Gasteiger partial charge is 0.330 e. The summed E-state index contributed by atoms with van der Waals surface area (Å²) < 4.78 is 19.8. The topological polar surface area (TPSA) is 67.4 Å². The third-order valence-electron chi connectivity index (χ3n) is 3.43. The standard InChI is InChI=1S/C14H13FN2O3/c15-11(8-4-2-1-3-5-8)12-13-9(16-14(19)17-12)6-7-10(18)20-13/h1-7,9,11-13H,(H2,16,17,19)/t9-,11+,12-,13+/m0/s1. The minimum Gasteiger partial charge on any atom is -0.454 e. The Labute approximate surface area is 114 Å². The van der Waals surface area contributed by atoms with Gasteiger partial charge in [0.25, 0.3) is 0 Å². The van der Waals surface area contributed by atoms with E-state index in [9.17, 15) is 14.0 Å². The number of nitrogens with one attached hydrogen (secondary N) is 2. The lowest BCUT2D eigenvalue weighted by molar-refractivity contribution is -0.148. The van der Waals surface area contributed by atoms with Gasteiger partial charge in [-0.3, -0.25) is 0 Å². The first kappa shape index (κ1) is 12.7. The summed E-state index contributed by atoms with van der Waals surface area (Å²) in [4.78, 5) is 22.9. The van der Waals surface area contributed by atoms with E-state index >= 15 is 0 Å². The van der Waals surface area contributed by atoms with Gasteiger partial charge in [0.05, 0.1) is 6.04 Å². The first-order valence-corrected chi connectivity index (χ1v) is 6.30. The van der Waals surface area contributed by atoms with Crippen molar-refractivity contribution in [1.82, 2.24) is 10.6 Å². The molecule has 0 unspecified atom stereocenters. The molecule has 2 N–H and O–H groups in total. The van der Waals surface area contributed by atoms with Crippen LogP contribution in [-0.2, 0) is 9.53 Å². The number of benzene rings is 1. The summed E-state index contributed by atoms with van der Waals surface area (Å²) in [6.07, 6.45) is 0.550. The lowest BCUT2D eigenvalue weighted by atomic mass is 9.91. The van der Waals surface area contributed by atoms with Crippen LogP contribution in [0.3, 0.4) is 0 Å². The second-order valence-corrected chi connectivity index (χ2v) is 4.74. The molecule has 0 aliphatic carbocycles. The molecule has 1 aromatic rings. The summed E-state index contributed by atoms with van der Waals surface area (Å²) in [7, 11) is 0. The van der Waals surface area contributed by atoms with E-state index in [2.05, 4.69) is 10.6 Å².